The Morgan fingerprint density at radius 3 is 2.55 bits per heavy atom. The van der Waals surface area contributed by atoms with Crippen LogP contribution in [0.5, 0.6) is 0 Å². The molecule has 11 heavy (non-hydrogen) atoms. The average Bonchev–Trinajstić information content (AvgIpc) is 1.99. The van der Waals surface area contributed by atoms with Crippen molar-refractivity contribution in [3.8, 4) is 0 Å². The van der Waals surface area contributed by atoms with Crippen LogP contribution in [0.15, 0.2) is 0 Å². The van der Waals surface area contributed by atoms with Gasteiger partial charge < -0.3 is 20.1 Å². The van der Waals surface area contributed by atoms with Gasteiger partial charge in [0, 0.05) is 6.42 Å². The standard InChI is InChI=1S/C6H12O4S/c7-2-3-1-4(8)5(9)6(11)10-3/h3-9,11H,1-2H2. The van der Waals surface area contributed by atoms with Gasteiger partial charge in [0.2, 0.25) is 0 Å². The lowest BCUT2D eigenvalue weighted by Gasteiger charge is -2.33. The van der Waals surface area contributed by atoms with Crippen LogP contribution in [0.1, 0.15) is 6.42 Å². The molecule has 1 heterocycles. The third-order valence-corrected chi connectivity index (χ3v) is 2.15. The highest BCUT2D eigenvalue weighted by Gasteiger charge is 2.34. The Balaban J connectivity index is 2.47. The monoisotopic (exact) mass is 180 g/mol. The number of aliphatic hydroxyl groups excluding tert-OH is 3. The second kappa shape index (κ2) is 3.73. The van der Waals surface area contributed by atoms with Gasteiger partial charge in [-0.25, -0.2) is 0 Å². The summed E-state index contributed by atoms with van der Waals surface area (Å²) in [5.41, 5.74) is -0.698. The lowest BCUT2D eigenvalue weighted by molar-refractivity contribution is -0.144. The third-order valence-electron chi connectivity index (χ3n) is 1.73. The van der Waals surface area contributed by atoms with E-state index in [0.29, 0.717) is 0 Å². The number of ether oxygens (including phenoxy) is 1. The second-order valence-corrected chi connectivity index (χ2v) is 3.13. The summed E-state index contributed by atoms with van der Waals surface area (Å²) in [6.45, 7) is -0.152. The second-order valence-electron chi connectivity index (χ2n) is 2.62. The molecule has 0 saturated carbocycles. The number of aliphatic hydroxyl groups is 3. The molecule has 0 aromatic heterocycles. The van der Waals surface area contributed by atoms with E-state index in [4.69, 9.17) is 20.1 Å². The Morgan fingerprint density at radius 2 is 2.09 bits per heavy atom. The molecule has 0 bridgehead atoms. The first-order valence-corrected chi connectivity index (χ1v) is 3.97. The lowest BCUT2D eigenvalue weighted by Crippen LogP contribution is -2.46. The minimum absolute atomic E-state index is 0.152. The first-order valence-electron chi connectivity index (χ1n) is 3.45. The van der Waals surface area contributed by atoms with Crippen molar-refractivity contribution in [1.82, 2.24) is 0 Å². The van der Waals surface area contributed by atoms with Gasteiger partial charge in [-0.05, 0) is 0 Å². The molecule has 1 aliphatic heterocycles. The van der Waals surface area contributed by atoms with E-state index >= 15 is 0 Å². The van der Waals surface area contributed by atoms with Crippen LogP contribution in [0.2, 0.25) is 0 Å². The molecular formula is C6H12O4S. The van der Waals surface area contributed by atoms with Crippen LogP contribution in [0.4, 0.5) is 0 Å². The van der Waals surface area contributed by atoms with Gasteiger partial charge in [0.25, 0.3) is 0 Å². The molecular weight excluding hydrogens is 168 g/mol. The first-order chi connectivity index (χ1) is 5.15. The molecule has 4 unspecified atom stereocenters. The number of hydrogen-bond acceptors (Lipinski definition) is 5. The van der Waals surface area contributed by atoms with Crippen molar-refractivity contribution >= 4 is 12.6 Å². The Kier molecular flexibility index (Phi) is 3.15. The maximum atomic E-state index is 9.16. The molecule has 0 spiro atoms. The maximum Gasteiger partial charge on any atom is 0.129 e. The van der Waals surface area contributed by atoms with Gasteiger partial charge in [0.05, 0.1) is 18.8 Å². The highest BCUT2D eigenvalue weighted by atomic mass is 32.1. The Bertz CT molecular complexity index is 120. The molecule has 1 rings (SSSR count). The maximum absolute atomic E-state index is 9.16. The van der Waals surface area contributed by atoms with Gasteiger partial charge in [-0.15, -0.1) is 12.6 Å². The minimum Gasteiger partial charge on any atom is -0.394 e. The molecule has 1 saturated heterocycles. The average molecular weight is 180 g/mol. The van der Waals surface area contributed by atoms with E-state index in [0.717, 1.165) is 0 Å². The molecule has 0 radical (unpaired) electrons. The van der Waals surface area contributed by atoms with Gasteiger partial charge in [-0.3, -0.25) is 0 Å². The smallest absolute Gasteiger partial charge is 0.129 e. The fraction of sp³-hybridized carbons (Fsp3) is 1.00. The molecule has 4 atom stereocenters. The van der Waals surface area contributed by atoms with Crippen molar-refractivity contribution in [3.05, 3.63) is 0 Å². The quantitative estimate of drug-likeness (QED) is 0.380. The van der Waals surface area contributed by atoms with E-state index in [9.17, 15) is 0 Å². The van der Waals surface area contributed by atoms with Gasteiger partial charge in [0.15, 0.2) is 0 Å². The zero-order valence-electron chi connectivity index (χ0n) is 5.92. The summed E-state index contributed by atoms with van der Waals surface area (Å²) in [5, 5.41) is 26.9. The van der Waals surface area contributed by atoms with Crippen molar-refractivity contribution in [2.75, 3.05) is 6.61 Å². The van der Waals surface area contributed by atoms with Crippen LogP contribution in [0, 0.1) is 0 Å². The fourth-order valence-electron chi connectivity index (χ4n) is 1.05. The summed E-state index contributed by atoms with van der Waals surface area (Å²) in [4.78, 5) is 0. The molecule has 1 aliphatic rings. The fourth-order valence-corrected chi connectivity index (χ4v) is 1.42. The van der Waals surface area contributed by atoms with Crippen LogP contribution in [0.3, 0.4) is 0 Å². The normalized spacial score (nSPS) is 45.8. The van der Waals surface area contributed by atoms with Crippen molar-refractivity contribution in [2.45, 2.75) is 30.2 Å². The summed E-state index contributed by atoms with van der Waals surface area (Å²) in [7, 11) is 0. The SMILES string of the molecule is OCC1CC(O)C(O)C(S)O1. The molecule has 3 N–H and O–H groups in total. The van der Waals surface area contributed by atoms with E-state index in [1.54, 1.807) is 0 Å². The molecule has 0 amide bonds. The Morgan fingerprint density at radius 1 is 1.45 bits per heavy atom. The summed E-state index contributed by atoms with van der Waals surface area (Å²) < 4.78 is 5.02. The molecule has 4 nitrogen and oxygen atoms in total. The minimum atomic E-state index is -0.957. The highest BCUT2D eigenvalue weighted by molar-refractivity contribution is 7.80. The largest absolute Gasteiger partial charge is 0.394 e. The zero-order chi connectivity index (χ0) is 8.43. The van der Waals surface area contributed by atoms with Gasteiger partial charge in [-0.1, -0.05) is 0 Å². The summed E-state index contributed by atoms with van der Waals surface area (Å²) in [6.07, 6.45) is -1.95. The molecule has 1 fully saturated rings. The van der Waals surface area contributed by atoms with Crippen molar-refractivity contribution in [1.29, 1.82) is 0 Å². The highest BCUT2D eigenvalue weighted by Crippen LogP contribution is 2.21. The summed E-state index contributed by atoms with van der Waals surface area (Å²) in [5.74, 6) is 0. The topological polar surface area (TPSA) is 69.9 Å². The first kappa shape index (κ1) is 9.28. The van der Waals surface area contributed by atoms with Crippen LogP contribution in [-0.2, 0) is 4.74 Å². The predicted molar refractivity (Wildman–Crippen MR) is 41.4 cm³/mol. The molecule has 0 aromatic carbocycles. The van der Waals surface area contributed by atoms with E-state index < -0.39 is 23.7 Å². The number of rotatable bonds is 1. The van der Waals surface area contributed by atoms with Crippen LogP contribution in [-0.4, -0.2) is 45.7 Å². The zero-order valence-corrected chi connectivity index (χ0v) is 6.82. The van der Waals surface area contributed by atoms with Gasteiger partial charge >= 0.3 is 0 Å². The number of hydrogen-bond donors (Lipinski definition) is 4. The van der Waals surface area contributed by atoms with Gasteiger partial charge in [-0.2, -0.15) is 0 Å². The van der Waals surface area contributed by atoms with E-state index in [1.807, 2.05) is 0 Å². The van der Waals surface area contributed by atoms with E-state index in [1.165, 1.54) is 0 Å². The molecule has 5 heteroatoms. The van der Waals surface area contributed by atoms with Crippen molar-refractivity contribution < 1.29 is 20.1 Å². The molecule has 66 valence electrons. The lowest BCUT2D eigenvalue weighted by atomic mass is 10.0. The Labute approximate surface area is 70.2 Å². The predicted octanol–water partition coefficient (Wildman–Crippen LogP) is -1.25. The van der Waals surface area contributed by atoms with Crippen LogP contribution >= 0.6 is 12.6 Å². The van der Waals surface area contributed by atoms with Crippen LogP contribution in [0.25, 0.3) is 0 Å². The van der Waals surface area contributed by atoms with E-state index in [-0.39, 0.29) is 13.0 Å². The molecule has 0 aromatic rings. The van der Waals surface area contributed by atoms with Crippen molar-refractivity contribution in [3.63, 3.8) is 0 Å². The summed E-state index contributed by atoms with van der Waals surface area (Å²) >= 11 is 3.89. The van der Waals surface area contributed by atoms with Crippen LogP contribution < -0.4 is 0 Å². The van der Waals surface area contributed by atoms with Crippen molar-refractivity contribution in [2.24, 2.45) is 0 Å². The number of thiol groups is 1. The van der Waals surface area contributed by atoms with E-state index in [2.05, 4.69) is 12.6 Å². The third kappa shape index (κ3) is 2.07. The summed E-state index contributed by atoms with van der Waals surface area (Å²) in [6, 6.07) is 0. The van der Waals surface area contributed by atoms with Gasteiger partial charge in [0.1, 0.15) is 11.5 Å². The Hall–Kier alpha value is 0.190. The molecule has 0 aliphatic carbocycles.